The molecule has 1 fully saturated rings. The number of ether oxygens (including phenoxy) is 1. The number of hydrogen-bond acceptors (Lipinski definition) is 3. The summed E-state index contributed by atoms with van der Waals surface area (Å²) in [6.45, 7) is 1.67. The van der Waals surface area contributed by atoms with Crippen molar-refractivity contribution in [2.75, 3.05) is 33.4 Å². The molecule has 0 unspecified atom stereocenters. The van der Waals surface area contributed by atoms with Gasteiger partial charge in [0.15, 0.2) is 0 Å². The average molecular weight is 258 g/mol. The lowest BCUT2D eigenvalue weighted by Crippen LogP contribution is -2.47. The summed E-state index contributed by atoms with van der Waals surface area (Å²) in [6, 6.07) is 0.266. The Morgan fingerprint density at radius 2 is 2.06 bits per heavy atom. The van der Waals surface area contributed by atoms with Crippen LogP contribution < -0.4 is 5.32 Å². The molecular formula is C13H26N2O3. The Balaban J connectivity index is 2.32. The zero-order chi connectivity index (χ0) is 13.2. The molecule has 1 aliphatic carbocycles. The van der Waals surface area contributed by atoms with E-state index < -0.39 is 0 Å². The van der Waals surface area contributed by atoms with Crippen molar-refractivity contribution in [2.45, 2.75) is 44.6 Å². The highest BCUT2D eigenvalue weighted by Crippen LogP contribution is 2.17. The van der Waals surface area contributed by atoms with Gasteiger partial charge < -0.3 is 20.1 Å². The minimum absolute atomic E-state index is 0.00503. The maximum absolute atomic E-state index is 12.1. The highest BCUT2D eigenvalue weighted by atomic mass is 16.5. The molecule has 0 aromatic rings. The van der Waals surface area contributed by atoms with Gasteiger partial charge in [0.25, 0.3) is 0 Å². The van der Waals surface area contributed by atoms with Crippen LogP contribution in [0, 0.1) is 0 Å². The Morgan fingerprint density at radius 3 is 2.67 bits per heavy atom. The predicted octanol–water partition coefficient (Wildman–Crippen LogP) is 1.36. The number of carbonyl (C=O) groups is 1. The van der Waals surface area contributed by atoms with Crippen LogP contribution in [0.2, 0.25) is 0 Å². The van der Waals surface area contributed by atoms with Crippen LogP contribution in [0.3, 0.4) is 0 Å². The van der Waals surface area contributed by atoms with Crippen molar-refractivity contribution in [1.82, 2.24) is 10.2 Å². The topological polar surface area (TPSA) is 61.8 Å². The summed E-state index contributed by atoms with van der Waals surface area (Å²) >= 11 is 0. The first-order chi connectivity index (χ1) is 8.77. The second-order valence-electron chi connectivity index (χ2n) is 4.84. The first-order valence-corrected chi connectivity index (χ1v) is 6.93. The second-order valence-corrected chi connectivity index (χ2v) is 4.84. The van der Waals surface area contributed by atoms with E-state index in [4.69, 9.17) is 9.84 Å². The summed E-state index contributed by atoms with van der Waals surface area (Å²) in [6.07, 6.45) is 6.64. The number of rotatable bonds is 7. The minimum atomic E-state index is -0.0490. The van der Waals surface area contributed by atoms with Crippen molar-refractivity contribution in [2.24, 2.45) is 0 Å². The van der Waals surface area contributed by atoms with Crippen molar-refractivity contribution in [1.29, 1.82) is 0 Å². The zero-order valence-electron chi connectivity index (χ0n) is 11.4. The van der Waals surface area contributed by atoms with E-state index in [1.165, 1.54) is 19.3 Å². The fourth-order valence-electron chi connectivity index (χ4n) is 2.35. The van der Waals surface area contributed by atoms with Gasteiger partial charge in [-0.1, -0.05) is 19.3 Å². The van der Waals surface area contributed by atoms with E-state index in [1.807, 2.05) is 0 Å². The van der Waals surface area contributed by atoms with Crippen molar-refractivity contribution >= 4 is 6.03 Å². The van der Waals surface area contributed by atoms with Crippen molar-refractivity contribution < 1.29 is 14.6 Å². The normalized spacial score (nSPS) is 16.6. The van der Waals surface area contributed by atoms with E-state index in [2.05, 4.69) is 5.32 Å². The number of nitrogens with one attached hydrogen (secondary N) is 1. The third-order valence-electron chi connectivity index (χ3n) is 3.37. The van der Waals surface area contributed by atoms with Crippen LogP contribution >= 0.6 is 0 Å². The molecule has 0 aromatic heterocycles. The van der Waals surface area contributed by atoms with E-state index in [0.717, 1.165) is 19.3 Å². The molecule has 1 saturated carbocycles. The molecule has 1 rings (SSSR count). The van der Waals surface area contributed by atoms with Crippen LogP contribution in [0.15, 0.2) is 0 Å². The summed E-state index contributed by atoms with van der Waals surface area (Å²) in [5.41, 5.74) is 0. The number of nitrogens with zero attached hydrogens (tertiary/aromatic N) is 1. The summed E-state index contributed by atoms with van der Waals surface area (Å²) in [5.74, 6) is 0. The molecule has 0 atom stereocenters. The van der Waals surface area contributed by atoms with Gasteiger partial charge in [-0.25, -0.2) is 4.79 Å². The van der Waals surface area contributed by atoms with Crippen LogP contribution in [0.4, 0.5) is 4.79 Å². The molecule has 0 aliphatic heterocycles. The molecule has 0 aromatic carbocycles. The molecule has 106 valence electrons. The Labute approximate surface area is 109 Å². The van der Waals surface area contributed by atoms with Gasteiger partial charge in [-0.15, -0.1) is 0 Å². The van der Waals surface area contributed by atoms with E-state index in [1.54, 1.807) is 12.0 Å². The van der Waals surface area contributed by atoms with E-state index in [-0.39, 0.29) is 12.6 Å². The van der Waals surface area contributed by atoms with E-state index in [0.29, 0.717) is 25.7 Å². The molecule has 0 radical (unpaired) electrons. The molecule has 2 amide bonds. The number of carbonyl (C=O) groups excluding carboxylic acids is 1. The summed E-state index contributed by atoms with van der Waals surface area (Å²) in [7, 11) is 1.65. The fourth-order valence-corrected chi connectivity index (χ4v) is 2.35. The number of hydrogen-bond donors (Lipinski definition) is 2. The van der Waals surface area contributed by atoms with Crippen LogP contribution in [-0.2, 0) is 4.74 Å². The molecule has 5 nitrogen and oxygen atoms in total. The van der Waals surface area contributed by atoms with Crippen LogP contribution in [0.25, 0.3) is 0 Å². The third-order valence-corrected chi connectivity index (χ3v) is 3.37. The zero-order valence-corrected chi connectivity index (χ0v) is 11.4. The van der Waals surface area contributed by atoms with E-state index in [9.17, 15) is 4.79 Å². The Kier molecular flexibility index (Phi) is 7.76. The molecule has 0 bridgehead atoms. The van der Waals surface area contributed by atoms with Gasteiger partial charge in [0.05, 0.1) is 6.61 Å². The first kappa shape index (κ1) is 15.2. The number of amides is 2. The number of aliphatic hydroxyl groups is 1. The fraction of sp³-hybridized carbons (Fsp3) is 0.923. The Hall–Kier alpha value is -0.810. The van der Waals surface area contributed by atoms with Gasteiger partial charge in [0, 0.05) is 32.8 Å². The molecule has 2 N–H and O–H groups in total. The predicted molar refractivity (Wildman–Crippen MR) is 70.6 cm³/mol. The molecule has 5 heteroatoms. The van der Waals surface area contributed by atoms with Crippen molar-refractivity contribution in [3.8, 4) is 0 Å². The highest BCUT2D eigenvalue weighted by Gasteiger charge is 2.19. The summed E-state index contributed by atoms with van der Waals surface area (Å²) in [5, 5.41) is 12.1. The lowest BCUT2D eigenvalue weighted by molar-refractivity contribution is 0.152. The van der Waals surface area contributed by atoms with Gasteiger partial charge in [-0.3, -0.25) is 0 Å². The first-order valence-electron chi connectivity index (χ1n) is 6.93. The van der Waals surface area contributed by atoms with Crippen LogP contribution in [0.5, 0.6) is 0 Å². The second kappa shape index (κ2) is 9.16. The largest absolute Gasteiger partial charge is 0.395 e. The van der Waals surface area contributed by atoms with Crippen LogP contribution in [-0.4, -0.2) is 55.5 Å². The van der Waals surface area contributed by atoms with Gasteiger partial charge in [0.1, 0.15) is 0 Å². The molecule has 0 spiro atoms. The highest BCUT2D eigenvalue weighted by molar-refractivity contribution is 5.74. The molecule has 18 heavy (non-hydrogen) atoms. The summed E-state index contributed by atoms with van der Waals surface area (Å²) in [4.78, 5) is 13.7. The Bertz CT molecular complexity index is 230. The van der Waals surface area contributed by atoms with Crippen molar-refractivity contribution in [3.05, 3.63) is 0 Å². The maximum atomic E-state index is 12.1. The smallest absolute Gasteiger partial charge is 0.317 e. The minimum Gasteiger partial charge on any atom is -0.395 e. The SMILES string of the molecule is COCCCN(CCO)C(=O)NC1CCCCC1. The quantitative estimate of drug-likeness (QED) is 0.678. The maximum Gasteiger partial charge on any atom is 0.317 e. The van der Waals surface area contributed by atoms with Crippen LogP contribution in [0.1, 0.15) is 38.5 Å². The molecule has 0 saturated heterocycles. The van der Waals surface area contributed by atoms with Crippen molar-refractivity contribution in [3.63, 3.8) is 0 Å². The van der Waals surface area contributed by atoms with E-state index >= 15 is 0 Å². The van der Waals surface area contributed by atoms with Gasteiger partial charge >= 0.3 is 6.03 Å². The molecular weight excluding hydrogens is 232 g/mol. The standard InChI is InChI=1S/C13H26N2O3/c1-18-11-5-8-15(9-10-16)13(17)14-12-6-3-2-4-7-12/h12,16H,2-11H2,1H3,(H,14,17). The Morgan fingerprint density at radius 1 is 1.33 bits per heavy atom. The number of urea groups is 1. The lowest BCUT2D eigenvalue weighted by atomic mass is 9.96. The molecule has 0 heterocycles. The van der Waals surface area contributed by atoms with Gasteiger partial charge in [-0.2, -0.15) is 0 Å². The average Bonchev–Trinajstić information content (AvgIpc) is 2.39. The lowest BCUT2D eigenvalue weighted by Gasteiger charge is -2.28. The van der Waals surface area contributed by atoms with Gasteiger partial charge in [0.2, 0.25) is 0 Å². The monoisotopic (exact) mass is 258 g/mol. The summed E-state index contributed by atoms with van der Waals surface area (Å²) < 4.78 is 4.98. The van der Waals surface area contributed by atoms with Gasteiger partial charge in [-0.05, 0) is 19.3 Å². The third kappa shape index (κ3) is 5.69. The number of methoxy groups -OCH3 is 1. The number of aliphatic hydroxyl groups excluding tert-OH is 1. The molecule has 1 aliphatic rings.